The van der Waals surface area contributed by atoms with Crippen molar-refractivity contribution in [1.82, 2.24) is 4.98 Å². The Morgan fingerprint density at radius 2 is 1.86 bits per heavy atom. The highest BCUT2D eigenvalue weighted by molar-refractivity contribution is 6.30. The summed E-state index contributed by atoms with van der Waals surface area (Å²) >= 11 is 5.89. The summed E-state index contributed by atoms with van der Waals surface area (Å²) in [6.45, 7) is 0. The van der Waals surface area contributed by atoms with Gasteiger partial charge in [0.1, 0.15) is 11.0 Å². The van der Waals surface area contributed by atoms with E-state index in [-0.39, 0.29) is 11.1 Å². The van der Waals surface area contributed by atoms with Crippen molar-refractivity contribution in [3.05, 3.63) is 47.1 Å². The topological polar surface area (TPSA) is 57.3 Å². The lowest BCUT2D eigenvalue weighted by molar-refractivity contribution is 0.102. The molecular weight excluding hydrogens is 288 g/mol. The number of pyridine rings is 1. The van der Waals surface area contributed by atoms with Gasteiger partial charge < -0.3 is 15.5 Å². The van der Waals surface area contributed by atoms with Crippen LogP contribution in [0, 0.1) is 0 Å². The summed E-state index contributed by atoms with van der Waals surface area (Å²) in [5.41, 5.74) is 2.25. The molecule has 0 saturated heterocycles. The van der Waals surface area contributed by atoms with Gasteiger partial charge in [-0.15, -0.1) is 0 Å². The Morgan fingerprint density at radius 3 is 2.43 bits per heavy atom. The van der Waals surface area contributed by atoms with Crippen molar-refractivity contribution in [2.45, 2.75) is 0 Å². The molecule has 1 amide bonds. The standard InChI is InChI=1S/C15H17ClN4O/c1-17-14-9-10(8-13(16)19-14)15(21)18-11-4-6-12(7-5-11)20(2)3/h4-9H,1-3H3,(H,17,19)(H,18,21). The van der Waals surface area contributed by atoms with Crippen molar-refractivity contribution in [3.8, 4) is 0 Å². The van der Waals surface area contributed by atoms with Gasteiger partial charge in [0.25, 0.3) is 5.91 Å². The minimum atomic E-state index is -0.228. The van der Waals surface area contributed by atoms with E-state index in [1.807, 2.05) is 43.3 Å². The Morgan fingerprint density at radius 1 is 1.19 bits per heavy atom. The molecule has 0 spiro atoms. The number of anilines is 3. The maximum atomic E-state index is 12.2. The maximum Gasteiger partial charge on any atom is 0.255 e. The van der Waals surface area contributed by atoms with Gasteiger partial charge in [-0.2, -0.15) is 0 Å². The predicted octanol–water partition coefficient (Wildman–Crippen LogP) is 3.10. The molecule has 2 aromatic rings. The summed E-state index contributed by atoms with van der Waals surface area (Å²) in [6.07, 6.45) is 0. The van der Waals surface area contributed by atoms with Crippen molar-refractivity contribution in [3.63, 3.8) is 0 Å². The number of benzene rings is 1. The second-order valence-corrected chi connectivity index (χ2v) is 5.10. The minimum absolute atomic E-state index is 0.228. The van der Waals surface area contributed by atoms with Gasteiger partial charge in [-0.25, -0.2) is 4.98 Å². The number of amides is 1. The third kappa shape index (κ3) is 3.86. The molecule has 0 saturated carbocycles. The number of halogens is 1. The van der Waals surface area contributed by atoms with Crippen LogP contribution in [0.4, 0.5) is 17.2 Å². The Hall–Kier alpha value is -2.27. The van der Waals surface area contributed by atoms with E-state index in [0.717, 1.165) is 11.4 Å². The Labute approximate surface area is 128 Å². The molecule has 0 bridgehead atoms. The molecule has 6 heteroatoms. The molecular formula is C15H17ClN4O. The highest BCUT2D eigenvalue weighted by Gasteiger charge is 2.09. The molecule has 2 rings (SSSR count). The van der Waals surface area contributed by atoms with Crippen LogP contribution in [-0.2, 0) is 0 Å². The lowest BCUT2D eigenvalue weighted by atomic mass is 10.2. The van der Waals surface area contributed by atoms with Crippen molar-refractivity contribution in [2.75, 3.05) is 36.7 Å². The summed E-state index contributed by atoms with van der Waals surface area (Å²) in [7, 11) is 5.65. The summed E-state index contributed by atoms with van der Waals surface area (Å²) in [6, 6.07) is 10.8. The van der Waals surface area contributed by atoms with E-state index in [9.17, 15) is 4.79 Å². The van der Waals surface area contributed by atoms with Gasteiger partial charge in [0.2, 0.25) is 0 Å². The predicted molar refractivity (Wildman–Crippen MR) is 87.5 cm³/mol. The average molecular weight is 305 g/mol. The van der Waals surface area contributed by atoms with Gasteiger partial charge >= 0.3 is 0 Å². The third-order valence-corrected chi connectivity index (χ3v) is 3.15. The van der Waals surface area contributed by atoms with Crippen LogP contribution in [0.2, 0.25) is 5.15 Å². The normalized spacial score (nSPS) is 10.1. The molecule has 0 aliphatic carbocycles. The number of hydrogen-bond donors (Lipinski definition) is 2. The fourth-order valence-corrected chi connectivity index (χ4v) is 2.01. The molecule has 0 aliphatic rings. The van der Waals surface area contributed by atoms with E-state index in [2.05, 4.69) is 15.6 Å². The van der Waals surface area contributed by atoms with Gasteiger partial charge in [-0.3, -0.25) is 4.79 Å². The van der Waals surface area contributed by atoms with Crippen molar-refractivity contribution >= 4 is 34.7 Å². The molecule has 1 aromatic heterocycles. The Bertz CT molecular complexity index is 641. The molecule has 0 unspecified atom stereocenters. The quantitative estimate of drug-likeness (QED) is 0.852. The van der Waals surface area contributed by atoms with Crippen LogP contribution in [0.3, 0.4) is 0 Å². The van der Waals surface area contributed by atoms with E-state index >= 15 is 0 Å². The van der Waals surface area contributed by atoms with E-state index < -0.39 is 0 Å². The largest absolute Gasteiger partial charge is 0.378 e. The van der Waals surface area contributed by atoms with E-state index in [4.69, 9.17) is 11.6 Å². The number of hydrogen-bond acceptors (Lipinski definition) is 4. The first-order chi connectivity index (χ1) is 9.99. The van der Waals surface area contributed by atoms with Gasteiger partial charge in [0, 0.05) is 38.1 Å². The molecule has 5 nitrogen and oxygen atoms in total. The fourth-order valence-electron chi connectivity index (χ4n) is 1.80. The third-order valence-electron chi connectivity index (χ3n) is 2.95. The van der Waals surface area contributed by atoms with E-state index in [1.54, 1.807) is 13.1 Å². The smallest absolute Gasteiger partial charge is 0.255 e. The van der Waals surface area contributed by atoms with Gasteiger partial charge in [-0.1, -0.05) is 11.6 Å². The van der Waals surface area contributed by atoms with E-state index in [0.29, 0.717) is 11.4 Å². The molecule has 1 aromatic carbocycles. The van der Waals surface area contributed by atoms with Gasteiger partial charge in [0.05, 0.1) is 0 Å². The molecule has 0 atom stereocenters. The second kappa shape index (κ2) is 6.45. The first-order valence-corrected chi connectivity index (χ1v) is 6.81. The Kier molecular flexibility index (Phi) is 4.65. The van der Waals surface area contributed by atoms with Crippen LogP contribution < -0.4 is 15.5 Å². The zero-order valence-electron chi connectivity index (χ0n) is 12.1. The monoisotopic (exact) mass is 304 g/mol. The summed E-state index contributed by atoms with van der Waals surface area (Å²) in [5.74, 6) is 0.323. The second-order valence-electron chi connectivity index (χ2n) is 4.71. The fraction of sp³-hybridized carbons (Fsp3) is 0.200. The molecule has 1 heterocycles. The zero-order valence-corrected chi connectivity index (χ0v) is 12.9. The van der Waals surface area contributed by atoms with Crippen LogP contribution in [-0.4, -0.2) is 32.0 Å². The van der Waals surface area contributed by atoms with Gasteiger partial charge in [0.15, 0.2) is 0 Å². The van der Waals surface area contributed by atoms with Crippen molar-refractivity contribution in [2.24, 2.45) is 0 Å². The van der Waals surface area contributed by atoms with Crippen LogP contribution in [0.15, 0.2) is 36.4 Å². The first kappa shape index (κ1) is 15.1. The number of aromatic nitrogens is 1. The molecule has 0 radical (unpaired) electrons. The summed E-state index contributed by atoms with van der Waals surface area (Å²) in [5, 5.41) is 5.97. The van der Waals surface area contributed by atoms with Crippen LogP contribution in [0.1, 0.15) is 10.4 Å². The summed E-state index contributed by atoms with van der Waals surface area (Å²) < 4.78 is 0. The average Bonchev–Trinajstić information content (AvgIpc) is 2.47. The molecule has 0 aliphatic heterocycles. The lowest BCUT2D eigenvalue weighted by Crippen LogP contribution is -2.13. The highest BCUT2D eigenvalue weighted by Crippen LogP contribution is 2.18. The number of rotatable bonds is 4. The minimum Gasteiger partial charge on any atom is -0.378 e. The Balaban J connectivity index is 2.15. The van der Waals surface area contributed by atoms with Crippen LogP contribution >= 0.6 is 11.6 Å². The molecule has 0 fully saturated rings. The lowest BCUT2D eigenvalue weighted by Gasteiger charge is -2.13. The number of nitrogens with one attached hydrogen (secondary N) is 2. The number of carbonyl (C=O) groups excluding carboxylic acids is 1. The first-order valence-electron chi connectivity index (χ1n) is 6.43. The molecule has 21 heavy (non-hydrogen) atoms. The highest BCUT2D eigenvalue weighted by atomic mass is 35.5. The number of carbonyl (C=O) groups is 1. The van der Waals surface area contributed by atoms with Crippen LogP contribution in [0.5, 0.6) is 0 Å². The summed E-state index contributed by atoms with van der Waals surface area (Å²) in [4.78, 5) is 18.3. The van der Waals surface area contributed by atoms with Crippen LogP contribution in [0.25, 0.3) is 0 Å². The molecule has 2 N–H and O–H groups in total. The maximum absolute atomic E-state index is 12.2. The van der Waals surface area contributed by atoms with Gasteiger partial charge in [-0.05, 0) is 36.4 Å². The number of nitrogens with zero attached hydrogens (tertiary/aromatic N) is 2. The van der Waals surface area contributed by atoms with E-state index in [1.165, 1.54) is 6.07 Å². The SMILES string of the molecule is CNc1cc(C(=O)Nc2ccc(N(C)C)cc2)cc(Cl)n1. The molecule has 110 valence electrons. The van der Waals surface area contributed by atoms with Crippen molar-refractivity contribution in [1.29, 1.82) is 0 Å². The zero-order chi connectivity index (χ0) is 15.4. The van der Waals surface area contributed by atoms with Crippen molar-refractivity contribution < 1.29 is 4.79 Å².